The van der Waals surface area contributed by atoms with Gasteiger partial charge in [-0.1, -0.05) is 23.2 Å². The average Bonchev–Trinajstić information content (AvgIpc) is 2.97. The normalized spacial score (nSPS) is 20.2. The molecule has 0 radical (unpaired) electrons. The largest absolute Gasteiger partial charge is 0.368 e. The van der Waals surface area contributed by atoms with Crippen LogP contribution in [-0.2, 0) is 4.74 Å². The number of morpholine rings is 1. The summed E-state index contributed by atoms with van der Waals surface area (Å²) >= 11 is 15.0. The maximum absolute atomic E-state index is 6.13. The van der Waals surface area contributed by atoms with Crippen LogP contribution in [0.25, 0.3) is 11.3 Å². The van der Waals surface area contributed by atoms with Crippen LogP contribution in [0.3, 0.4) is 0 Å². The first-order chi connectivity index (χ1) is 8.74. The van der Waals surface area contributed by atoms with Gasteiger partial charge in [0.15, 0.2) is 0 Å². The van der Waals surface area contributed by atoms with Crippen LogP contribution in [0.1, 0.15) is 11.1 Å². The second-order valence-corrected chi connectivity index (χ2v) is 7.05. The lowest BCUT2D eigenvalue weighted by Gasteiger charge is -2.21. The van der Waals surface area contributed by atoms with Gasteiger partial charge in [0, 0.05) is 24.0 Å². The molecule has 18 heavy (non-hydrogen) atoms. The molecule has 96 valence electrons. The highest BCUT2D eigenvalue weighted by Crippen LogP contribution is 2.39. The number of hydrogen-bond donors (Lipinski definition) is 1. The maximum atomic E-state index is 6.13. The Bertz CT molecular complexity index is 549. The Morgan fingerprint density at radius 1 is 1.44 bits per heavy atom. The van der Waals surface area contributed by atoms with Crippen LogP contribution >= 0.6 is 45.9 Å². The number of aromatic nitrogens is 1. The number of hydrogen-bond acceptors (Lipinski definition) is 5. The lowest BCUT2D eigenvalue weighted by atomic mass is 10.2. The van der Waals surface area contributed by atoms with E-state index in [1.807, 2.05) is 11.4 Å². The molecule has 1 fully saturated rings. The zero-order valence-corrected chi connectivity index (χ0v) is 12.4. The first kappa shape index (κ1) is 12.8. The summed E-state index contributed by atoms with van der Waals surface area (Å²) < 4.78 is 7.04. The number of rotatable bonds is 2. The molecule has 0 amide bonds. The van der Waals surface area contributed by atoms with E-state index in [0.717, 1.165) is 36.0 Å². The molecule has 2 aromatic rings. The molecule has 0 aliphatic carbocycles. The Balaban J connectivity index is 1.86. The van der Waals surface area contributed by atoms with Gasteiger partial charge in [-0.05, 0) is 6.07 Å². The Morgan fingerprint density at radius 3 is 3.00 bits per heavy atom. The molecule has 7 heteroatoms. The molecule has 0 spiro atoms. The molecule has 0 aromatic carbocycles. The van der Waals surface area contributed by atoms with Crippen LogP contribution in [0.4, 0.5) is 0 Å². The van der Waals surface area contributed by atoms with Crippen LogP contribution in [0, 0.1) is 0 Å². The lowest BCUT2D eigenvalue weighted by molar-refractivity contribution is 0.0276. The Hall–Kier alpha value is -0.170. The minimum Gasteiger partial charge on any atom is -0.368 e. The van der Waals surface area contributed by atoms with E-state index >= 15 is 0 Å². The number of halogens is 2. The zero-order chi connectivity index (χ0) is 12.5. The second-order valence-electron chi connectivity index (χ2n) is 3.87. The summed E-state index contributed by atoms with van der Waals surface area (Å²) in [5.41, 5.74) is 1.77. The number of thiophene rings is 1. The summed E-state index contributed by atoms with van der Waals surface area (Å²) in [5, 5.41) is 6.27. The molecule has 2 aromatic heterocycles. The van der Waals surface area contributed by atoms with E-state index in [1.54, 1.807) is 11.3 Å². The van der Waals surface area contributed by atoms with Crippen molar-refractivity contribution in [1.82, 2.24) is 10.3 Å². The van der Waals surface area contributed by atoms with Gasteiger partial charge in [-0.15, -0.1) is 22.7 Å². The van der Waals surface area contributed by atoms with Crippen molar-refractivity contribution in [3.63, 3.8) is 0 Å². The van der Waals surface area contributed by atoms with E-state index in [0.29, 0.717) is 8.67 Å². The van der Waals surface area contributed by atoms with E-state index in [2.05, 4.69) is 10.3 Å². The standard InChI is InChI=1S/C11H10Cl2N2OS2/c12-9-3-6(10(13)18-9)7-5-17-11(15-7)8-4-14-1-2-16-8/h3,5,8,14H,1-2,4H2. The maximum Gasteiger partial charge on any atom is 0.124 e. The molecule has 3 heterocycles. The molecule has 1 aliphatic heterocycles. The van der Waals surface area contributed by atoms with Gasteiger partial charge >= 0.3 is 0 Å². The molecule has 1 saturated heterocycles. The highest BCUT2D eigenvalue weighted by Gasteiger charge is 2.20. The first-order valence-corrected chi connectivity index (χ1v) is 7.92. The van der Waals surface area contributed by atoms with Crippen molar-refractivity contribution in [3.05, 3.63) is 25.1 Å². The topological polar surface area (TPSA) is 34.1 Å². The minimum atomic E-state index is 0.0467. The molecule has 3 rings (SSSR count). The molecular formula is C11H10Cl2N2OS2. The molecule has 0 bridgehead atoms. The molecule has 1 N–H and O–H groups in total. The van der Waals surface area contributed by atoms with Gasteiger partial charge in [0.2, 0.25) is 0 Å². The number of nitrogens with zero attached hydrogens (tertiary/aromatic N) is 1. The smallest absolute Gasteiger partial charge is 0.124 e. The van der Waals surface area contributed by atoms with Crippen molar-refractivity contribution in [2.45, 2.75) is 6.10 Å². The monoisotopic (exact) mass is 320 g/mol. The summed E-state index contributed by atoms with van der Waals surface area (Å²) in [6.45, 7) is 2.44. The fourth-order valence-electron chi connectivity index (χ4n) is 1.80. The molecule has 1 aliphatic rings. The van der Waals surface area contributed by atoms with Gasteiger partial charge in [0.05, 0.1) is 16.6 Å². The van der Waals surface area contributed by atoms with Crippen molar-refractivity contribution in [3.8, 4) is 11.3 Å². The molecule has 0 saturated carbocycles. The van der Waals surface area contributed by atoms with Gasteiger partial charge in [-0.2, -0.15) is 0 Å². The van der Waals surface area contributed by atoms with Gasteiger partial charge in [-0.25, -0.2) is 4.98 Å². The highest BCUT2D eigenvalue weighted by molar-refractivity contribution is 7.20. The average molecular weight is 321 g/mol. The molecule has 1 unspecified atom stereocenters. The van der Waals surface area contributed by atoms with E-state index in [9.17, 15) is 0 Å². The van der Waals surface area contributed by atoms with Crippen molar-refractivity contribution in [2.24, 2.45) is 0 Å². The summed E-state index contributed by atoms with van der Waals surface area (Å²) in [4.78, 5) is 4.60. The quantitative estimate of drug-likeness (QED) is 0.912. The first-order valence-electron chi connectivity index (χ1n) is 5.47. The third-order valence-electron chi connectivity index (χ3n) is 2.66. The third-order valence-corrected chi connectivity index (χ3v) is 5.08. The molecular weight excluding hydrogens is 311 g/mol. The van der Waals surface area contributed by atoms with Crippen molar-refractivity contribution in [1.29, 1.82) is 0 Å². The summed E-state index contributed by atoms with van der Waals surface area (Å²) in [5.74, 6) is 0. The third kappa shape index (κ3) is 2.57. The van der Waals surface area contributed by atoms with Gasteiger partial charge < -0.3 is 10.1 Å². The van der Waals surface area contributed by atoms with E-state index in [4.69, 9.17) is 27.9 Å². The zero-order valence-electron chi connectivity index (χ0n) is 9.28. The SMILES string of the molecule is Clc1cc(-c2csc(C3CNCCO3)n2)c(Cl)s1. The van der Waals surface area contributed by atoms with Crippen molar-refractivity contribution < 1.29 is 4.74 Å². The molecule has 1 atom stereocenters. The number of nitrogens with one attached hydrogen (secondary N) is 1. The summed E-state index contributed by atoms with van der Waals surface area (Å²) in [6.07, 6.45) is 0.0467. The van der Waals surface area contributed by atoms with E-state index in [-0.39, 0.29) is 6.10 Å². The fraction of sp³-hybridized carbons (Fsp3) is 0.364. The highest BCUT2D eigenvalue weighted by atomic mass is 35.5. The van der Waals surface area contributed by atoms with Crippen LogP contribution < -0.4 is 5.32 Å². The Kier molecular flexibility index (Phi) is 3.89. The van der Waals surface area contributed by atoms with E-state index < -0.39 is 0 Å². The number of thiazole rings is 1. The van der Waals surface area contributed by atoms with Crippen LogP contribution in [0.15, 0.2) is 11.4 Å². The van der Waals surface area contributed by atoms with E-state index in [1.165, 1.54) is 11.3 Å². The predicted octanol–water partition coefficient (Wildman–Crippen LogP) is 3.84. The van der Waals surface area contributed by atoms with Crippen LogP contribution in [0.5, 0.6) is 0 Å². The Labute approximate surface area is 123 Å². The number of ether oxygens (including phenoxy) is 1. The van der Waals surface area contributed by atoms with Crippen molar-refractivity contribution in [2.75, 3.05) is 19.7 Å². The predicted molar refractivity (Wildman–Crippen MR) is 77.0 cm³/mol. The van der Waals surface area contributed by atoms with Gasteiger partial charge in [-0.3, -0.25) is 0 Å². The van der Waals surface area contributed by atoms with Crippen molar-refractivity contribution >= 4 is 45.9 Å². The molecule has 3 nitrogen and oxygen atoms in total. The fourth-order valence-corrected chi connectivity index (χ4v) is 4.15. The van der Waals surface area contributed by atoms with Crippen LogP contribution in [0.2, 0.25) is 8.67 Å². The second kappa shape index (κ2) is 5.45. The summed E-state index contributed by atoms with van der Waals surface area (Å²) in [7, 11) is 0. The van der Waals surface area contributed by atoms with Gasteiger partial charge in [0.25, 0.3) is 0 Å². The minimum absolute atomic E-state index is 0.0467. The lowest BCUT2D eigenvalue weighted by Crippen LogP contribution is -2.33. The Morgan fingerprint density at radius 2 is 2.33 bits per heavy atom. The summed E-state index contributed by atoms with van der Waals surface area (Å²) in [6, 6.07) is 1.85. The van der Waals surface area contributed by atoms with Gasteiger partial charge in [0.1, 0.15) is 15.4 Å². The van der Waals surface area contributed by atoms with Crippen LogP contribution in [-0.4, -0.2) is 24.7 Å².